The van der Waals surface area contributed by atoms with Gasteiger partial charge in [-0.15, -0.1) is 11.3 Å². The topological polar surface area (TPSA) is 102 Å². The van der Waals surface area contributed by atoms with Crippen molar-refractivity contribution in [2.24, 2.45) is 0 Å². The van der Waals surface area contributed by atoms with E-state index in [-0.39, 0.29) is 27.1 Å². The summed E-state index contributed by atoms with van der Waals surface area (Å²) in [5.41, 5.74) is 0.604. The first-order valence-corrected chi connectivity index (χ1v) is 11.1. The van der Waals surface area contributed by atoms with Crippen LogP contribution in [0.1, 0.15) is 39.8 Å². The fourth-order valence-corrected chi connectivity index (χ4v) is 3.90. The molecule has 1 aromatic carbocycles. The minimum Gasteiger partial charge on any atom is -0.300 e. The Hall–Kier alpha value is -2.37. The van der Waals surface area contributed by atoms with Crippen molar-refractivity contribution >= 4 is 54.2 Å². The minimum atomic E-state index is -5.09. The predicted octanol–water partition coefficient (Wildman–Crippen LogP) is 4.23. The lowest BCUT2D eigenvalue weighted by atomic mass is 10.1. The molecule has 0 aliphatic rings. The molecule has 0 amide bonds. The molecule has 1 heterocycles. The van der Waals surface area contributed by atoms with E-state index in [1.807, 2.05) is 6.07 Å². The van der Waals surface area contributed by atoms with E-state index in [4.69, 9.17) is 10.7 Å². The fraction of sp³-hybridized carbons (Fsp3) is 0.222. The average molecular weight is 483 g/mol. The minimum absolute atomic E-state index is 0.00398. The highest BCUT2D eigenvalue weighted by molar-refractivity contribution is 8.15. The van der Waals surface area contributed by atoms with E-state index in [0.29, 0.717) is 16.9 Å². The van der Waals surface area contributed by atoms with Gasteiger partial charge in [0.2, 0.25) is 5.78 Å². The molecule has 12 heteroatoms. The molecule has 2 rings (SSSR count). The molecular weight excluding hydrogens is 469 g/mol. The van der Waals surface area contributed by atoms with Gasteiger partial charge in [0.1, 0.15) is 9.99 Å². The zero-order valence-corrected chi connectivity index (χ0v) is 17.6. The number of benzene rings is 1. The Labute approximate surface area is 178 Å². The molecule has 0 unspecified atom stereocenters. The number of alkyl halides is 3. The molecule has 2 aromatic rings. The highest BCUT2D eigenvalue weighted by atomic mass is 35.7. The van der Waals surface area contributed by atoms with Gasteiger partial charge in [-0.2, -0.15) is 13.2 Å². The highest BCUT2D eigenvalue weighted by Crippen LogP contribution is 2.27. The standard InChI is InChI=1S/C10H10O2.C8H4ClF3O4S2/c1-8(11)7-10(12)9-5-3-2-4-6-9;9-18(15,16)7-2-1-5(17-7)4(13)3-6(14)8(10,11)12/h2-6H,7H2,1H3;1-2H,3H2. The molecule has 1 aromatic heterocycles. The number of carbonyl (C=O) groups is 4. The summed E-state index contributed by atoms with van der Waals surface area (Å²) in [7, 11) is 0.938. The average Bonchev–Trinajstić information content (AvgIpc) is 3.12. The van der Waals surface area contributed by atoms with Crippen molar-refractivity contribution < 1.29 is 40.8 Å². The van der Waals surface area contributed by atoms with Crippen LogP contribution in [0, 0.1) is 0 Å². The number of hydrogen-bond donors (Lipinski definition) is 0. The number of thiophene rings is 1. The normalized spacial score (nSPS) is 11.2. The number of ketones is 4. The summed E-state index contributed by atoms with van der Waals surface area (Å²) in [4.78, 5) is 43.4. The molecule has 0 bridgehead atoms. The summed E-state index contributed by atoms with van der Waals surface area (Å²) in [5, 5.41) is 0. The lowest BCUT2D eigenvalue weighted by molar-refractivity contribution is -0.170. The van der Waals surface area contributed by atoms with Crippen LogP contribution < -0.4 is 0 Å². The second kappa shape index (κ2) is 10.6. The van der Waals surface area contributed by atoms with Gasteiger partial charge in [0.05, 0.1) is 17.7 Å². The largest absolute Gasteiger partial charge is 0.450 e. The maximum absolute atomic E-state index is 11.9. The quantitative estimate of drug-likeness (QED) is 0.332. The van der Waals surface area contributed by atoms with E-state index in [1.165, 1.54) is 6.92 Å². The molecule has 0 spiro atoms. The zero-order chi connectivity index (χ0) is 23.1. The maximum Gasteiger partial charge on any atom is 0.450 e. The van der Waals surface area contributed by atoms with Crippen LogP contribution in [0.3, 0.4) is 0 Å². The summed E-state index contributed by atoms with van der Waals surface area (Å²) in [5.74, 6) is -3.49. The molecule has 30 heavy (non-hydrogen) atoms. The van der Waals surface area contributed by atoms with Crippen molar-refractivity contribution in [3.05, 3.63) is 52.9 Å². The van der Waals surface area contributed by atoms with Crippen molar-refractivity contribution in [1.82, 2.24) is 0 Å². The number of carbonyl (C=O) groups excluding carboxylic acids is 4. The van der Waals surface area contributed by atoms with E-state index < -0.39 is 33.2 Å². The van der Waals surface area contributed by atoms with Crippen LogP contribution in [0.2, 0.25) is 0 Å². The van der Waals surface area contributed by atoms with E-state index in [0.717, 1.165) is 12.1 Å². The van der Waals surface area contributed by atoms with Crippen molar-refractivity contribution in [1.29, 1.82) is 0 Å². The highest BCUT2D eigenvalue weighted by Gasteiger charge is 2.39. The van der Waals surface area contributed by atoms with E-state index >= 15 is 0 Å². The van der Waals surface area contributed by atoms with Crippen LogP contribution >= 0.6 is 22.0 Å². The van der Waals surface area contributed by atoms with Crippen molar-refractivity contribution in [3.8, 4) is 0 Å². The Kier molecular flexibility index (Phi) is 9.07. The summed E-state index contributed by atoms with van der Waals surface area (Å²) in [6.07, 6.45) is -6.44. The van der Waals surface area contributed by atoms with Crippen molar-refractivity contribution in [2.45, 2.75) is 30.2 Å². The molecule has 0 radical (unpaired) electrons. The van der Waals surface area contributed by atoms with Gasteiger partial charge in [0.25, 0.3) is 9.05 Å². The Morgan fingerprint density at radius 3 is 1.93 bits per heavy atom. The first-order chi connectivity index (χ1) is 13.7. The monoisotopic (exact) mass is 482 g/mol. The molecule has 162 valence electrons. The number of rotatable bonds is 7. The number of halogens is 4. The first kappa shape index (κ1) is 25.7. The number of hydrogen-bond acceptors (Lipinski definition) is 7. The van der Waals surface area contributed by atoms with E-state index in [2.05, 4.69) is 0 Å². The Bertz CT molecular complexity index is 1040. The van der Waals surface area contributed by atoms with Gasteiger partial charge in [-0.1, -0.05) is 30.3 Å². The third-order valence-electron chi connectivity index (χ3n) is 3.24. The van der Waals surface area contributed by atoms with Crippen molar-refractivity contribution in [2.75, 3.05) is 0 Å². The summed E-state index contributed by atoms with van der Waals surface area (Å²) in [6.45, 7) is 1.42. The molecular formula is C18H14ClF3O6S2. The van der Waals surface area contributed by atoms with Crippen LogP contribution in [0.4, 0.5) is 13.2 Å². The molecule has 6 nitrogen and oxygen atoms in total. The smallest absolute Gasteiger partial charge is 0.300 e. The Balaban J connectivity index is 0.000000325. The molecule has 0 aliphatic carbocycles. The van der Waals surface area contributed by atoms with Gasteiger partial charge in [0, 0.05) is 16.2 Å². The predicted molar refractivity (Wildman–Crippen MR) is 103 cm³/mol. The van der Waals surface area contributed by atoms with Gasteiger partial charge >= 0.3 is 6.18 Å². The lowest BCUT2D eigenvalue weighted by Crippen LogP contribution is -2.25. The Morgan fingerprint density at radius 1 is 0.933 bits per heavy atom. The fourth-order valence-electron chi connectivity index (χ4n) is 1.89. The molecule has 0 N–H and O–H groups in total. The number of Topliss-reactive ketones (excluding diaryl/α,β-unsaturated/α-hetero) is 4. The molecule has 0 aliphatic heterocycles. The first-order valence-electron chi connectivity index (χ1n) is 7.97. The molecule has 0 atom stereocenters. The zero-order valence-electron chi connectivity index (χ0n) is 15.2. The van der Waals surface area contributed by atoms with Crippen LogP contribution in [0.25, 0.3) is 0 Å². The second-order valence-corrected chi connectivity index (χ2v) is 9.62. The summed E-state index contributed by atoms with van der Waals surface area (Å²) >= 11 is 0.412. The van der Waals surface area contributed by atoms with Crippen molar-refractivity contribution in [3.63, 3.8) is 0 Å². The molecule has 0 fully saturated rings. The van der Waals surface area contributed by atoms with Gasteiger partial charge in [-0.3, -0.25) is 19.2 Å². The van der Waals surface area contributed by atoms with Gasteiger partial charge in [-0.25, -0.2) is 8.42 Å². The van der Waals surface area contributed by atoms with Gasteiger partial charge < -0.3 is 0 Å². The SMILES string of the molecule is CC(=O)CC(=O)c1ccccc1.O=C(CC(=O)C(F)(F)F)c1ccc(S(=O)(=O)Cl)s1. The third kappa shape index (κ3) is 8.56. The lowest BCUT2D eigenvalue weighted by Gasteiger charge is -2.02. The maximum atomic E-state index is 11.9. The molecule has 0 saturated heterocycles. The van der Waals surface area contributed by atoms with Gasteiger partial charge in [0.15, 0.2) is 11.6 Å². The van der Waals surface area contributed by atoms with Crippen LogP contribution in [-0.4, -0.2) is 37.7 Å². The summed E-state index contributed by atoms with van der Waals surface area (Å²) in [6, 6.07) is 10.8. The van der Waals surface area contributed by atoms with Gasteiger partial charge in [-0.05, 0) is 19.1 Å². The molecule has 0 saturated carbocycles. The van der Waals surface area contributed by atoms with Crippen LogP contribution in [0.5, 0.6) is 0 Å². The Morgan fingerprint density at radius 2 is 1.50 bits per heavy atom. The van der Waals surface area contributed by atoms with Crippen LogP contribution in [0.15, 0.2) is 46.7 Å². The van der Waals surface area contributed by atoms with Crippen LogP contribution in [-0.2, 0) is 18.6 Å². The van der Waals surface area contributed by atoms with E-state index in [9.17, 15) is 40.8 Å². The van der Waals surface area contributed by atoms with E-state index in [1.54, 1.807) is 24.3 Å². The summed E-state index contributed by atoms with van der Waals surface area (Å²) < 4.78 is 57.1. The second-order valence-electron chi connectivity index (χ2n) is 5.75. The third-order valence-corrected chi connectivity index (χ3v) is 6.46.